The number of benzene rings is 2. The summed E-state index contributed by atoms with van der Waals surface area (Å²) in [5.74, 6) is 0.996. The van der Waals surface area contributed by atoms with Crippen LogP contribution in [0.4, 0.5) is 0 Å². The lowest BCUT2D eigenvalue weighted by Crippen LogP contribution is -2.23. The van der Waals surface area contributed by atoms with E-state index in [1.165, 1.54) is 12.1 Å². The molecule has 1 aliphatic heterocycles. The van der Waals surface area contributed by atoms with Crippen LogP contribution in [0.1, 0.15) is 5.56 Å². The standard InChI is InChI=1S/C18H17N3O4S/c22-26(23,16-6-7-17-18(10-16)25-9-8-24-17)20-12-14-11-19-21(13-14)15-4-2-1-3-5-15/h1-7,10-11,13,20H,8-9,12H2. The summed E-state index contributed by atoms with van der Waals surface area (Å²) in [4.78, 5) is 0.136. The van der Waals surface area contributed by atoms with Gasteiger partial charge in [-0.3, -0.25) is 0 Å². The quantitative estimate of drug-likeness (QED) is 0.743. The highest BCUT2D eigenvalue weighted by atomic mass is 32.2. The van der Waals surface area contributed by atoms with Gasteiger partial charge in [0, 0.05) is 24.4 Å². The maximum Gasteiger partial charge on any atom is 0.241 e. The van der Waals surface area contributed by atoms with E-state index < -0.39 is 10.0 Å². The van der Waals surface area contributed by atoms with Crippen LogP contribution in [0.3, 0.4) is 0 Å². The van der Waals surface area contributed by atoms with E-state index >= 15 is 0 Å². The second kappa shape index (κ2) is 6.81. The molecule has 7 nitrogen and oxygen atoms in total. The van der Waals surface area contributed by atoms with Crippen molar-refractivity contribution in [3.05, 3.63) is 66.5 Å². The molecule has 3 aromatic rings. The molecular formula is C18H17N3O4S. The second-order valence-corrected chi connectivity index (χ2v) is 7.53. The van der Waals surface area contributed by atoms with Crippen molar-refractivity contribution in [1.29, 1.82) is 0 Å². The Morgan fingerprint density at radius 3 is 2.62 bits per heavy atom. The van der Waals surface area contributed by atoms with Crippen molar-refractivity contribution in [2.75, 3.05) is 13.2 Å². The van der Waals surface area contributed by atoms with Crippen molar-refractivity contribution in [2.45, 2.75) is 11.4 Å². The first-order valence-corrected chi connectivity index (χ1v) is 9.58. The molecule has 2 heterocycles. The number of ether oxygens (including phenoxy) is 2. The normalized spacial score (nSPS) is 13.5. The number of hydrogen-bond acceptors (Lipinski definition) is 5. The summed E-state index contributed by atoms with van der Waals surface area (Å²) in [5, 5.41) is 4.26. The lowest BCUT2D eigenvalue weighted by atomic mass is 10.3. The van der Waals surface area contributed by atoms with Crippen LogP contribution in [0.15, 0.2) is 65.8 Å². The number of aromatic nitrogens is 2. The minimum absolute atomic E-state index is 0.136. The highest BCUT2D eigenvalue weighted by molar-refractivity contribution is 7.89. The van der Waals surface area contributed by atoms with Crippen LogP contribution in [0.25, 0.3) is 5.69 Å². The van der Waals surface area contributed by atoms with Crippen LogP contribution >= 0.6 is 0 Å². The number of fused-ring (bicyclic) bond motifs is 1. The van der Waals surface area contributed by atoms with Gasteiger partial charge in [0.05, 0.1) is 16.8 Å². The molecule has 1 N–H and O–H groups in total. The number of rotatable bonds is 5. The number of nitrogens with one attached hydrogen (secondary N) is 1. The van der Waals surface area contributed by atoms with Crippen molar-refractivity contribution in [2.24, 2.45) is 0 Å². The van der Waals surface area contributed by atoms with E-state index in [1.807, 2.05) is 30.3 Å². The molecule has 0 unspecified atom stereocenters. The Labute approximate surface area is 151 Å². The van der Waals surface area contributed by atoms with Crippen molar-refractivity contribution in [3.63, 3.8) is 0 Å². The van der Waals surface area contributed by atoms with Crippen LogP contribution in [-0.4, -0.2) is 31.4 Å². The fourth-order valence-corrected chi connectivity index (χ4v) is 3.66. The van der Waals surface area contributed by atoms with Crippen LogP contribution in [0.5, 0.6) is 11.5 Å². The third-order valence-corrected chi connectivity index (χ3v) is 5.35. The molecule has 1 aliphatic rings. The molecular weight excluding hydrogens is 354 g/mol. The Morgan fingerprint density at radius 2 is 1.81 bits per heavy atom. The highest BCUT2D eigenvalue weighted by Crippen LogP contribution is 2.32. The molecule has 0 fully saturated rings. The summed E-state index contributed by atoms with van der Waals surface area (Å²) in [5.41, 5.74) is 1.67. The smallest absolute Gasteiger partial charge is 0.241 e. The third-order valence-electron chi connectivity index (χ3n) is 3.95. The number of sulfonamides is 1. The van der Waals surface area contributed by atoms with Crippen LogP contribution in [0.2, 0.25) is 0 Å². The minimum atomic E-state index is -3.67. The Kier molecular flexibility index (Phi) is 4.36. The van der Waals surface area contributed by atoms with Crippen molar-refractivity contribution in [1.82, 2.24) is 14.5 Å². The number of para-hydroxylation sites is 1. The Balaban J connectivity index is 1.48. The molecule has 2 aromatic carbocycles. The molecule has 0 spiro atoms. The van der Waals surface area contributed by atoms with E-state index in [0.717, 1.165) is 11.3 Å². The molecule has 1 aromatic heterocycles. The monoisotopic (exact) mass is 371 g/mol. The first kappa shape index (κ1) is 16.6. The predicted molar refractivity (Wildman–Crippen MR) is 95.0 cm³/mol. The molecule has 0 aliphatic carbocycles. The van der Waals surface area contributed by atoms with Gasteiger partial charge in [-0.2, -0.15) is 5.10 Å². The predicted octanol–water partition coefficient (Wildman–Crippen LogP) is 2.12. The SMILES string of the molecule is O=S(=O)(NCc1cnn(-c2ccccc2)c1)c1ccc2c(c1)OCCO2. The van der Waals surface area contributed by atoms with E-state index in [2.05, 4.69) is 9.82 Å². The average molecular weight is 371 g/mol. The summed E-state index contributed by atoms with van der Waals surface area (Å²) < 4.78 is 40.2. The van der Waals surface area contributed by atoms with Gasteiger partial charge in [-0.15, -0.1) is 0 Å². The summed E-state index contributed by atoms with van der Waals surface area (Å²) in [6.45, 7) is 1.01. The Bertz CT molecular complexity index is 1020. The molecule has 0 saturated heterocycles. The summed E-state index contributed by atoms with van der Waals surface area (Å²) in [7, 11) is -3.67. The van der Waals surface area contributed by atoms with Gasteiger partial charge in [0.1, 0.15) is 13.2 Å². The molecule has 26 heavy (non-hydrogen) atoms. The van der Waals surface area contributed by atoms with Crippen LogP contribution in [0, 0.1) is 0 Å². The molecule has 8 heteroatoms. The molecule has 134 valence electrons. The van der Waals surface area contributed by atoms with Crippen LogP contribution in [-0.2, 0) is 16.6 Å². The van der Waals surface area contributed by atoms with Crippen molar-refractivity contribution >= 4 is 10.0 Å². The van der Waals surface area contributed by atoms with E-state index in [0.29, 0.717) is 24.7 Å². The lowest BCUT2D eigenvalue weighted by Gasteiger charge is -2.18. The van der Waals surface area contributed by atoms with Gasteiger partial charge in [-0.05, 0) is 24.3 Å². The molecule has 0 atom stereocenters. The summed E-state index contributed by atoms with van der Waals surface area (Å²) >= 11 is 0. The zero-order chi connectivity index (χ0) is 18.0. The molecule has 0 radical (unpaired) electrons. The fourth-order valence-electron chi connectivity index (χ4n) is 2.63. The van der Waals surface area contributed by atoms with E-state index in [9.17, 15) is 8.42 Å². The van der Waals surface area contributed by atoms with E-state index in [-0.39, 0.29) is 11.4 Å². The van der Waals surface area contributed by atoms with Gasteiger partial charge >= 0.3 is 0 Å². The van der Waals surface area contributed by atoms with Gasteiger partial charge in [0.15, 0.2) is 11.5 Å². The zero-order valence-electron chi connectivity index (χ0n) is 13.8. The van der Waals surface area contributed by atoms with Crippen molar-refractivity contribution in [3.8, 4) is 17.2 Å². The zero-order valence-corrected chi connectivity index (χ0v) is 14.6. The Morgan fingerprint density at radius 1 is 1.04 bits per heavy atom. The Hall–Kier alpha value is -2.84. The van der Waals surface area contributed by atoms with E-state index in [1.54, 1.807) is 23.1 Å². The number of hydrogen-bond donors (Lipinski definition) is 1. The van der Waals surface area contributed by atoms with Crippen LogP contribution < -0.4 is 14.2 Å². The third kappa shape index (κ3) is 3.42. The second-order valence-electron chi connectivity index (χ2n) is 5.76. The molecule has 0 amide bonds. The van der Waals surface area contributed by atoms with Gasteiger partial charge in [0.2, 0.25) is 10.0 Å². The average Bonchev–Trinajstić information content (AvgIpc) is 3.16. The molecule has 0 saturated carbocycles. The molecule has 0 bridgehead atoms. The highest BCUT2D eigenvalue weighted by Gasteiger charge is 2.19. The van der Waals surface area contributed by atoms with Crippen molar-refractivity contribution < 1.29 is 17.9 Å². The minimum Gasteiger partial charge on any atom is -0.486 e. The summed E-state index contributed by atoms with van der Waals surface area (Å²) in [6, 6.07) is 14.2. The topological polar surface area (TPSA) is 82.5 Å². The maximum absolute atomic E-state index is 12.5. The van der Waals surface area contributed by atoms with Gasteiger partial charge in [-0.25, -0.2) is 17.8 Å². The first-order chi connectivity index (χ1) is 12.6. The van der Waals surface area contributed by atoms with Gasteiger partial charge in [0.25, 0.3) is 0 Å². The first-order valence-electron chi connectivity index (χ1n) is 8.10. The molecule has 4 rings (SSSR count). The van der Waals surface area contributed by atoms with E-state index in [4.69, 9.17) is 9.47 Å². The van der Waals surface area contributed by atoms with Gasteiger partial charge in [-0.1, -0.05) is 18.2 Å². The fraction of sp³-hybridized carbons (Fsp3) is 0.167. The number of nitrogens with zero attached hydrogens (tertiary/aromatic N) is 2. The lowest BCUT2D eigenvalue weighted by molar-refractivity contribution is 0.171. The van der Waals surface area contributed by atoms with Gasteiger partial charge < -0.3 is 9.47 Å². The largest absolute Gasteiger partial charge is 0.486 e. The summed E-state index contributed by atoms with van der Waals surface area (Å²) in [6.07, 6.45) is 3.43. The maximum atomic E-state index is 12.5.